The van der Waals surface area contributed by atoms with Gasteiger partial charge in [-0.1, -0.05) is 35.3 Å². The SMILES string of the molecule is O=C(O)c1ccc(CNc2c(Cl)cc(F)cc2Cl)cc1. The minimum Gasteiger partial charge on any atom is -0.478 e. The number of nitrogens with one attached hydrogen (secondary N) is 1. The van der Waals surface area contributed by atoms with Crippen LogP contribution in [0.3, 0.4) is 0 Å². The Morgan fingerprint density at radius 1 is 1.15 bits per heavy atom. The Kier molecular flexibility index (Phi) is 4.47. The predicted octanol–water partition coefficient (Wildman–Crippen LogP) is 4.44. The summed E-state index contributed by atoms with van der Waals surface area (Å²) < 4.78 is 13.0. The van der Waals surface area contributed by atoms with Crippen molar-refractivity contribution < 1.29 is 14.3 Å². The van der Waals surface area contributed by atoms with Crippen LogP contribution >= 0.6 is 23.2 Å². The minimum atomic E-state index is -0.978. The Labute approximate surface area is 124 Å². The van der Waals surface area contributed by atoms with Gasteiger partial charge in [-0.2, -0.15) is 0 Å². The van der Waals surface area contributed by atoms with Crippen molar-refractivity contribution >= 4 is 34.9 Å². The average Bonchev–Trinajstić information content (AvgIpc) is 2.38. The smallest absolute Gasteiger partial charge is 0.335 e. The molecule has 0 aliphatic carbocycles. The molecule has 0 aromatic heterocycles. The van der Waals surface area contributed by atoms with E-state index in [0.717, 1.165) is 5.56 Å². The Morgan fingerprint density at radius 2 is 1.70 bits per heavy atom. The predicted molar refractivity (Wildman–Crippen MR) is 77.1 cm³/mol. The molecule has 0 saturated heterocycles. The highest BCUT2D eigenvalue weighted by molar-refractivity contribution is 6.39. The Bertz CT molecular complexity index is 621. The first kappa shape index (κ1) is 14.6. The van der Waals surface area contributed by atoms with Crippen molar-refractivity contribution in [2.24, 2.45) is 0 Å². The zero-order valence-corrected chi connectivity index (χ0v) is 11.7. The molecule has 0 saturated carbocycles. The van der Waals surface area contributed by atoms with Crippen molar-refractivity contribution in [3.63, 3.8) is 0 Å². The highest BCUT2D eigenvalue weighted by Crippen LogP contribution is 2.31. The van der Waals surface area contributed by atoms with Crippen molar-refractivity contribution in [3.8, 4) is 0 Å². The molecular formula is C14H10Cl2FNO2. The molecule has 0 unspecified atom stereocenters. The number of carboxylic acid groups (broad SMARTS) is 1. The van der Waals surface area contributed by atoms with Crippen molar-refractivity contribution in [2.75, 3.05) is 5.32 Å². The van der Waals surface area contributed by atoms with E-state index >= 15 is 0 Å². The van der Waals surface area contributed by atoms with E-state index in [1.165, 1.54) is 24.3 Å². The fraction of sp³-hybridized carbons (Fsp3) is 0.0714. The van der Waals surface area contributed by atoms with Crippen LogP contribution in [0, 0.1) is 5.82 Å². The first-order valence-electron chi connectivity index (χ1n) is 5.68. The molecule has 0 aliphatic rings. The molecule has 0 amide bonds. The Balaban J connectivity index is 2.11. The van der Waals surface area contributed by atoms with E-state index < -0.39 is 11.8 Å². The second-order valence-corrected chi connectivity index (χ2v) is 4.91. The number of hydrogen-bond acceptors (Lipinski definition) is 2. The molecule has 0 fully saturated rings. The maximum Gasteiger partial charge on any atom is 0.335 e. The molecule has 0 heterocycles. The molecular weight excluding hydrogens is 304 g/mol. The summed E-state index contributed by atoms with van der Waals surface area (Å²) in [5.74, 6) is -1.48. The molecule has 0 aliphatic heterocycles. The molecule has 0 spiro atoms. The molecule has 0 bridgehead atoms. The molecule has 20 heavy (non-hydrogen) atoms. The number of benzene rings is 2. The third-order valence-electron chi connectivity index (χ3n) is 2.68. The maximum atomic E-state index is 13.0. The van der Waals surface area contributed by atoms with Crippen LogP contribution in [0.5, 0.6) is 0 Å². The number of halogens is 3. The van der Waals surface area contributed by atoms with Crippen LogP contribution in [0.15, 0.2) is 36.4 Å². The molecule has 2 aromatic carbocycles. The number of anilines is 1. The Morgan fingerprint density at radius 3 is 2.20 bits per heavy atom. The van der Waals surface area contributed by atoms with Gasteiger partial charge in [0.1, 0.15) is 5.82 Å². The second-order valence-electron chi connectivity index (χ2n) is 4.10. The lowest BCUT2D eigenvalue weighted by Gasteiger charge is -2.10. The van der Waals surface area contributed by atoms with Crippen LogP contribution in [0.4, 0.5) is 10.1 Å². The minimum absolute atomic E-state index is 0.192. The number of hydrogen-bond donors (Lipinski definition) is 2. The van der Waals surface area contributed by atoms with Gasteiger partial charge in [0.05, 0.1) is 21.3 Å². The van der Waals surface area contributed by atoms with Gasteiger partial charge in [-0.3, -0.25) is 0 Å². The Hall–Kier alpha value is -1.78. The van der Waals surface area contributed by atoms with E-state index in [9.17, 15) is 9.18 Å². The summed E-state index contributed by atoms with van der Waals surface area (Å²) in [5.41, 5.74) is 1.51. The van der Waals surface area contributed by atoms with E-state index in [-0.39, 0.29) is 15.6 Å². The second kappa shape index (κ2) is 6.11. The zero-order chi connectivity index (χ0) is 14.7. The van der Waals surface area contributed by atoms with Gasteiger partial charge in [0.15, 0.2) is 0 Å². The summed E-state index contributed by atoms with van der Waals surface area (Å²) >= 11 is 11.8. The first-order chi connectivity index (χ1) is 9.47. The van der Waals surface area contributed by atoms with Crippen LogP contribution in [0.2, 0.25) is 10.0 Å². The molecule has 2 rings (SSSR count). The first-order valence-corrected chi connectivity index (χ1v) is 6.43. The summed E-state index contributed by atoms with van der Waals surface area (Å²) in [4.78, 5) is 10.7. The lowest BCUT2D eigenvalue weighted by atomic mass is 10.1. The fourth-order valence-electron chi connectivity index (χ4n) is 1.67. The van der Waals surface area contributed by atoms with Gasteiger partial charge in [0.25, 0.3) is 0 Å². The maximum absolute atomic E-state index is 13.0. The largest absolute Gasteiger partial charge is 0.478 e. The summed E-state index contributed by atoms with van der Waals surface area (Å²) in [7, 11) is 0. The van der Waals surface area contributed by atoms with Gasteiger partial charge in [-0.25, -0.2) is 9.18 Å². The van der Waals surface area contributed by atoms with Gasteiger partial charge < -0.3 is 10.4 Å². The van der Waals surface area contributed by atoms with Crippen LogP contribution in [-0.4, -0.2) is 11.1 Å². The summed E-state index contributed by atoms with van der Waals surface area (Å²) in [6.45, 7) is 0.394. The number of carbonyl (C=O) groups is 1. The van der Waals surface area contributed by atoms with E-state index in [4.69, 9.17) is 28.3 Å². The molecule has 2 aromatic rings. The average molecular weight is 314 g/mol. The third kappa shape index (κ3) is 3.40. The van der Waals surface area contributed by atoms with Gasteiger partial charge in [0, 0.05) is 6.54 Å². The van der Waals surface area contributed by atoms with Gasteiger partial charge in [-0.05, 0) is 29.8 Å². The van der Waals surface area contributed by atoms with Gasteiger partial charge in [0.2, 0.25) is 0 Å². The number of aromatic carboxylic acids is 1. The van der Waals surface area contributed by atoms with Gasteiger partial charge >= 0.3 is 5.97 Å². The summed E-state index contributed by atoms with van der Waals surface area (Å²) in [5, 5.41) is 12.2. The third-order valence-corrected chi connectivity index (χ3v) is 3.27. The lowest BCUT2D eigenvalue weighted by Crippen LogP contribution is -2.02. The molecule has 3 nitrogen and oxygen atoms in total. The highest BCUT2D eigenvalue weighted by Gasteiger charge is 2.08. The van der Waals surface area contributed by atoms with E-state index in [1.54, 1.807) is 12.1 Å². The zero-order valence-electron chi connectivity index (χ0n) is 10.2. The number of carboxylic acids is 1. The van der Waals surface area contributed by atoms with Gasteiger partial charge in [-0.15, -0.1) is 0 Å². The monoisotopic (exact) mass is 313 g/mol. The van der Waals surface area contributed by atoms with E-state index in [2.05, 4.69) is 5.32 Å². The standard InChI is InChI=1S/C14H10Cl2FNO2/c15-11-5-10(17)6-12(16)13(11)18-7-8-1-3-9(4-2-8)14(19)20/h1-6,18H,7H2,(H,19,20). The molecule has 0 atom stereocenters. The van der Waals surface area contributed by atoms with Crippen LogP contribution in [0.1, 0.15) is 15.9 Å². The lowest BCUT2D eigenvalue weighted by molar-refractivity contribution is 0.0697. The van der Waals surface area contributed by atoms with Crippen molar-refractivity contribution in [2.45, 2.75) is 6.54 Å². The van der Waals surface area contributed by atoms with Crippen molar-refractivity contribution in [3.05, 3.63) is 63.4 Å². The summed E-state index contributed by atoms with van der Waals surface area (Å²) in [6, 6.07) is 8.72. The molecule has 6 heteroatoms. The molecule has 104 valence electrons. The normalized spacial score (nSPS) is 10.3. The molecule has 2 N–H and O–H groups in total. The fourth-order valence-corrected chi connectivity index (χ4v) is 2.26. The topological polar surface area (TPSA) is 49.3 Å². The molecule has 0 radical (unpaired) electrons. The van der Waals surface area contributed by atoms with Crippen molar-refractivity contribution in [1.82, 2.24) is 0 Å². The quantitative estimate of drug-likeness (QED) is 0.877. The highest BCUT2D eigenvalue weighted by atomic mass is 35.5. The number of rotatable bonds is 4. The van der Waals surface area contributed by atoms with Crippen LogP contribution < -0.4 is 5.32 Å². The van der Waals surface area contributed by atoms with Crippen LogP contribution in [0.25, 0.3) is 0 Å². The van der Waals surface area contributed by atoms with E-state index in [1.807, 2.05) is 0 Å². The van der Waals surface area contributed by atoms with Crippen molar-refractivity contribution in [1.29, 1.82) is 0 Å². The summed E-state index contributed by atoms with van der Waals surface area (Å²) in [6.07, 6.45) is 0. The van der Waals surface area contributed by atoms with Crippen LogP contribution in [-0.2, 0) is 6.54 Å². The van der Waals surface area contributed by atoms with E-state index in [0.29, 0.717) is 12.2 Å².